The third-order valence-electron chi connectivity index (χ3n) is 0.573. The molecule has 3 heteroatoms. The molecule has 3 N–H and O–H groups in total. The summed E-state index contributed by atoms with van der Waals surface area (Å²) in [6, 6.07) is 0. The zero-order valence-corrected chi connectivity index (χ0v) is 5.35. The van der Waals surface area contributed by atoms with Gasteiger partial charge in [-0.2, -0.15) is 0 Å². The molecule has 0 aliphatic carbocycles. The predicted molar refractivity (Wildman–Crippen MR) is 31.3 cm³/mol. The van der Waals surface area contributed by atoms with Crippen LogP contribution in [0.2, 0.25) is 0 Å². The average molecular weight is 119 g/mol. The Morgan fingerprint density at radius 1 is 1.62 bits per heavy atom. The lowest BCUT2D eigenvalue weighted by atomic mass is 10.4. The van der Waals surface area contributed by atoms with Gasteiger partial charge in [-0.15, -0.1) is 0 Å². The van der Waals surface area contributed by atoms with Crippen molar-refractivity contribution in [2.24, 2.45) is 5.73 Å². The van der Waals surface area contributed by atoms with Gasteiger partial charge in [0.1, 0.15) is 0 Å². The summed E-state index contributed by atoms with van der Waals surface area (Å²) in [5.41, 5.74) is 5.10. The molecule has 8 heavy (non-hydrogen) atoms. The van der Waals surface area contributed by atoms with Crippen molar-refractivity contribution >= 4 is 0 Å². The molecule has 0 aromatic carbocycles. The molecule has 0 saturated carbocycles. The molecule has 0 aliphatic heterocycles. The van der Waals surface area contributed by atoms with E-state index in [1.807, 2.05) is 0 Å². The van der Waals surface area contributed by atoms with E-state index in [1.54, 1.807) is 13.8 Å². The summed E-state index contributed by atoms with van der Waals surface area (Å²) in [6.07, 6.45) is 0. The second-order valence-electron chi connectivity index (χ2n) is 2.08. The topological polar surface area (TPSA) is 55.5 Å². The second-order valence-corrected chi connectivity index (χ2v) is 2.08. The lowest BCUT2D eigenvalue weighted by Crippen LogP contribution is -2.26. The quantitative estimate of drug-likeness (QED) is 0.501. The lowest BCUT2D eigenvalue weighted by Gasteiger charge is -2.16. The van der Waals surface area contributed by atoms with Crippen molar-refractivity contribution < 1.29 is 9.84 Å². The molecular weight excluding hydrogens is 106 g/mol. The molecule has 0 unspecified atom stereocenters. The van der Waals surface area contributed by atoms with Gasteiger partial charge < -0.3 is 15.6 Å². The first-order valence-corrected chi connectivity index (χ1v) is 2.62. The van der Waals surface area contributed by atoms with Crippen molar-refractivity contribution in [3.05, 3.63) is 0 Å². The minimum atomic E-state index is -1.03. The van der Waals surface area contributed by atoms with Crippen LogP contribution in [0.15, 0.2) is 0 Å². The standard InChI is InChI=1S/C5H13NO2/c1-5(2,7)8-4-3-6/h7H,3-4,6H2,1-2H3. The van der Waals surface area contributed by atoms with E-state index < -0.39 is 5.79 Å². The van der Waals surface area contributed by atoms with E-state index in [1.165, 1.54) is 0 Å². The monoisotopic (exact) mass is 119 g/mol. The van der Waals surface area contributed by atoms with Crippen LogP contribution in [0, 0.1) is 0 Å². The summed E-state index contributed by atoms with van der Waals surface area (Å²) in [5, 5.41) is 8.87. The maximum absolute atomic E-state index is 8.87. The summed E-state index contributed by atoms with van der Waals surface area (Å²) in [4.78, 5) is 0. The highest BCUT2D eigenvalue weighted by atomic mass is 16.6. The van der Waals surface area contributed by atoms with Crippen molar-refractivity contribution in [3.8, 4) is 0 Å². The second kappa shape index (κ2) is 3.02. The molecule has 0 aliphatic rings. The molecule has 0 fully saturated rings. The zero-order chi connectivity index (χ0) is 6.62. The van der Waals surface area contributed by atoms with Crippen LogP contribution >= 0.6 is 0 Å². The van der Waals surface area contributed by atoms with E-state index in [4.69, 9.17) is 15.6 Å². The minimum absolute atomic E-state index is 0.406. The third kappa shape index (κ3) is 5.88. The molecule has 0 spiro atoms. The Hall–Kier alpha value is -0.120. The molecule has 0 bridgehead atoms. The van der Waals surface area contributed by atoms with Crippen LogP contribution in [0.5, 0.6) is 0 Å². The smallest absolute Gasteiger partial charge is 0.159 e. The van der Waals surface area contributed by atoms with Crippen molar-refractivity contribution in [1.29, 1.82) is 0 Å². The summed E-state index contributed by atoms with van der Waals surface area (Å²) in [6.45, 7) is 4.00. The summed E-state index contributed by atoms with van der Waals surface area (Å²) >= 11 is 0. The summed E-state index contributed by atoms with van der Waals surface area (Å²) in [7, 11) is 0. The van der Waals surface area contributed by atoms with Crippen LogP contribution in [0.3, 0.4) is 0 Å². The molecule has 0 radical (unpaired) electrons. The van der Waals surface area contributed by atoms with Crippen molar-refractivity contribution in [3.63, 3.8) is 0 Å². The first-order valence-electron chi connectivity index (χ1n) is 2.62. The van der Waals surface area contributed by atoms with Crippen molar-refractivity contribution in [2.45, 2.75) is 19.6 Å². The number of hydrogen-bond acceptors (Lipinski definition) is 3. The van der Waals surface area contributed by atoms with Gasteiger partial charge in [0.25, 0.3) is 0 Å². The largest absolute Gasteiger partial charge is 0.366 e. The first-order chi connectivity index (χ1) is 3.56. The predicted octanol–water partition coefficient (Wildman–Crippen LogP) is -0.310. The van der Waals surface area contributed by atoms with Gasteiger partial charge in [-0.3, -0.25) is 0 Å². The molecule has 50 valence electrons. The van der Waals surface area contributed by atoms with Crippen molar-refractivity contribution in [2.75, 3.05) is 13.2 Å². The van der Waals surface area contributed by atoms with Gasteiger partial charge in [0.15, 0.2) is 5.79 Å². The molecule has 0 atom stereocenters. The molecular formula is C5H13NO2. The van der Waals surface area contributed by atoms with E-state index in [0.717, 1.165) is 0 Å². The molecule has 3 nitrogen and oxygen atoms in total. The maximum Gasteiger partial charge on any atom is 0.159 e. The fourth-order valence-corrected chi connectivity index (χ4v) is 0.309. The summed E-state index contributed by atoms with van der Waals surface area (Å²) in [5.74, 6) is -1.03. The van der Waals surface area contributed by atoms with Gasteiger partial charge in [0.2, 0.25) is 0 Å². The highest BCUT2D eigenvalue weighted by molar-refractivity contribution is 4.47. The molecule has 0 saturated heterocycles. The highest BCUT2D eigenvalue weighted by Crippen LogP contribution is 2.00. The zero-order valence-electron chi connectivity index (χ0n) is 5.35. The van der Waals surface area contributed by atoms with Gasteiger partial charge in [0, 0.05) is 6.54 Å². The normalized spacial score (nSPS) is 12.0. The highest BCUT2D eigenvalue weighted by Gasteiger charge is 2.09. The fraction of sp³-hybridized carbons (Fsp3) is 1.00. The average Bonchev–Trinajstić information content (AvgIpc) is 1.59. The third-order valence-corrected chi connectivity index (χ3v) is 0.573. The van der Waals surface area contributed by atoms with E-state index in [2.05, 4.69) is 0 Å². The lowest BCUT2D eigenvalue weighted by molar-refractivity contribution is -0.173. The van der Waals surface area contributed by atoms with Gasteiger partial charge in [-0.05, 0) is 13.8 Å². The number of rotatable bonds is 3. The molecule has 0 aromatic heterocycles. The van der Waals surface area contributed by atoms with Crippen LogP contribution in [-0.2, 0) is 4.74 Å². The number of hydrogen-bond donors (Lipinski definition) is 2. The molecule has 0 amide bonds. The Morgan fingerprint density at radius 2 is 2.12 bits per heavy atom. The van der Waals surface area contributed by atoms with Gasteiger partial charge in [-0.25, -0.2) is 0 Å². The van der Waals surface area contributed by atoms with E-state index in [0.29, 0.717) is 13.2 Å². The van der Waals surface area contributed by atoms with E-state index in [9.17, 15) is 0 Å². The van der Waals surface area contributed by atoms with Gasteiger partial charge in [0.05, 0.1) is 6.61 Å². The Labute approximate surface area is 49.4 Å². The van der Waals surface area contributed by atoms with Crippen LogP contribution in [-0.4, -0.2) is 24.0 Å². The fourth-order valence-electron chi connectivity index (χ4n) is 0.309. The van der Waals surface area contributed by atoms with Gasteiger partial charge >= 0.3 is 0 Å². The SMILES string of the molecule is CC(C)(O)OCCN. The number of nitrogens with two attached hydrogens (primary N) is 1. The molecule has 0 aromatic rings. The Morgan fingerprint density at radius 3 is 2.25 bits per heavy atom. The van der Waals surface area contributed by atoms with E-state index in [-0.39, 0.29) is 0 Å². The summed E-state index contributed by atoms with van der Waals surface area (Å²) < 4.78 is 4.81. The number of ether oxygens (including phenoxy) is 1. The first kappa shape index (κ1) is 7.88. The van der Waals surface area contributed by atoms with Crippen LogP contribution in [0.4, 0.5) is 0 Å². The molecule has 0 heterocycles. The Kier molecular flexibility index (Phi) is 2.97. The Bertz CT molecular complexity index is 57.9. The number of aliphatic hydroxyl groups is 1. The molecule has 0 rings (SSSR count). The maximum atomic E-state index is 8.87. The van der Waals surface area contributed by atoms with Crippen LogP contribution in [0.25, 0.3) is 0 Å². The van der Waals surface area contributed by atoms with Crippen LogP contribution in [0.1, 0.15) is 13.8 Å². The van der Waals surface area contributed by atoms with E-state index >= 15 is 0 Å². The van der Waals surface area contributed by atoms with Crippen molar-refractivity contribution in [1.82, 2.24) is 0 Å². The minimum Gasteiger partial charge on any atom is -0.366 e. The van der Waals surface area contributed by atoms with Crippen LogP contribution < -0.4 is 5.73 Å². The van der Waals surface area contributed by atoms with Gasteiger partial charge in [-0.1, -0.05) is 0 Å². The Balaban J connectivity index is 3.11.